The van der Waals surface area contributed by atoms with Crippen molar-refractivity contribution in [3.8, 4) is 17.0 Å². The Morgan fingerprint density at radius 2 is 1.71 bits per heavy atom. The van der Waals surface area contributed by atoms with Crippen molar-refractivity contribution in [2.75, 3.05) is 7.11 Å². The first kappa shape index (κ1) is 19.8. The van der Waals surface area contributed by atoms with Gasteiger partial charge in [0.15, 0.2) is 0 Å². The van der Waals surface area contributed by atoms with Gasteiger partial charge in [-0.1, -0.05) is 24.6 Å². The second kappa shape index (κ2) is 7.85. The van der Waals surface area contributed by atoms with E-state index in [4.69, 9.17) is 9.72 Å². The molecule has 2 heterocycles. The molecule has 0 saturated carbocycles. The van der Waals surface area contributed by atoms with Crippen molar-refractivity contribution in [1.29, 1.82) is 0 Å². The highest BCUT2D eigenvalue weighted by Crippen LogP contribution is 2.35. The topological polar surface area (TPSA) is 61.2 Å². The second-order valence-electron chi connectivity index (χ2n) is 7.94. The van der Waals surface area contributed by atoms with E-state index in [1.165, 1.54) is 34.4 Å². The van der Waals surface area contributed by atoms with Crippen molar-refractivity contribution in [3.05, 3.63) is 78.1 Å². The molecular formula is C25H24N2O3S. The molecule has 0 saturated heterocycles. The number of benzene rings is 2. The van der Waals surface area contributed by atoms with Gasteiger partial charge in [-0.25, -0.2) is 12.4 Å². The predicted octanol–water partition coefficient (Wildman–Crippen LogP) is 5.22. The number of rotatable bonds is 4. The summed E-state index contributed by atoms with van der Waals surface area (Å²) in [5, 5.41) is 0.805. The average Bonchev–Trinajstić information content (AvgIpc) is 3.03. The molecule has 1 aliphatic carbocycles. The van der Waals surface area contributed by atoms with E-state index in [1.54, 1.807) is 49.7 Å². The molecule has 5 rings (SSSR count). The van der Waals surface area contributed by atoms with Crippen LogP contribution in [0.1, 0.15) is 30.4 Å². The van der Waals surface area contributed by atoms with Crippen LogP contribution >= 0.6 is 0 Å². The molecular weight excluding hydrogens is 408 g/mol. The largest absolute Gasteiger partial charge is 0.497 e. The van der Waals surface area contributed by atoms with Gasteiger partial charge in [0, 0.05) is 23.3 Å². The fourth-order valence-corrected chi connectivity index (χ4v) is 5.74. The fourth-order valence-electron chi connectivity index (χ4n) is 4.35. The number of pyridine rings is 1. The third-order valence-electron chi connectivity index (χ3n) is 6.03. The van der Waals surface area contributed by atoms with Crippen LogP contribution in [-0.4, -0.2) is 24.5 Å². The molecule has 2 aromatic heterocycles. The molecule has 4 aromatic rings. The summed E-state index contributed by atoms with van der Waals surface area (Å²) in [5.74, 6) is 0.679. The van der Waals surface area contributed by atoms with Crippen LogP contribution in [0.3, 0.4) is 0 Å². The number of nitrogens with zero attached hydrogens (tertiary/aromatic N) is 2. The van der Waals surface area contributed by atoms with Gasteiger partial charge in [-0.15, -0.1) is 0 Å². The van der Waals surface area contributed by atoms with E-state index >= 15 is 0 Å². The third-order valence-corrected chi connectivity index (χ3v) is 7.72. The van der Waals surface area contributed by atoms with Crippen molar-refractivity contribution in [3.63, 3.8) is 0 Å². The van der Waals surface area contributed by atoms with Gasteiger partial charge in [0.2, 0.25) is 0 Å². The molecule has 5 nitrogen and oxygen atoms in total. The maximum Gasteiger partial charge on any atom is 0.268 e. The molecule has 0 bridgehead atoms. The lowest BCUT2D eigenvalue weighted by atomic mass is 10.0. The Kier molecular flexibility index (Phi) is 5.02. The molecule has 0 radical (unpaired) electrons. The van der Waals surface area contributed by atoms with Crippen LogP contribution in [0.5, 0.6) is 5.75 Å². The Morgan fingerprint density at radius 3 is 2.48 bits per heavy atom. The quantitative estimate of drug-likeness (QED) is 0.415. The average molecular weight is 433 g/mol. The number of hydrogen-bond donors (Lipinski definition) is 0. The predicted molar refractivity (Wildman–Crippen MR) is 122 cm³/mol. The van der Waals surface area contributed by atoms with Crippen molar-refractivity contribution in [1.82, 2.24) is 8.96 Å². The number of fused-ring (bicyclic) bond motifs is 2. The normalized spacial score (nSPS) is 14.2. The van der Waals surface area contributed by atoms with Crippen LogP contribution in [0.15, 0.2) is 71.9 Å². The molecule has 0 fully saturated rings. The van der Waals surface area contributed by atoms with Crippen molar-refractivity contribution >= 4 is 20.9 Å². The Balaban J connectivity index is 1.73. The zero-order valence-corrected chi connectivity index (χ0v) is 18.2. The van der Waals surface area contributed by atoms with E-state index in [9.17, 15) is 8.42 Å². The van der Waals surface area contributed by atoms with Crippen molar-refractivity contribution in [2.45, 2.75) is 37.0 Å². The lowest BCUT2D eigenvalue weighted by molar-refractivity contribution is 0.415. The Bertz CT molecular complexity index is 1360. The third kappa shape index (κ3) is 3.51. The van der Waals surface area contributed by atoms with E-state index in [2.05, 4.69) is 6.07 Å². The van der Waals surface area contributed by atoms with E-state index in [0.717, 1.165) is 29.5 Å². The number of ether oxygens (including phenoxy) is 1. The minimum atomic E-state index is -3.75. The van der Waals surface area contributed by atoms with Crippen LogP contribution < -0.4 is 4.74 Å². The highest BCUT2D eigenvalue weighted by Gasteiger charge is 2.23. The summed E-state index contributed by atoms with van der Waals surface area (Å²) in [7, 11) is -2.14. The zero-order valence-electron chi connectivity index (χ0n) is 17.4. The van der Waals surface area contributed by atoms with Crippen LogP contribution in [0.4, 0.5) is 0 Å². The van der Waals surface area contributed by atoms with Gasteiger partial charge in [0.1, 0.15) is 5.75 Å². The monoisotopic (exact) mass is 432 g/mol. The van der Waals surface area contributed by atoms with Gasteiger partial charge in [-0.05, 0) is 73.2 Å². The van der Waals surface area contributed by atoms with E-state index in [-0.39, 0.29) is 4.90 Å². The van der Waals surface area contributed by atoms with Crippen LogP contribution in [0.25, 0.3) is 22.2 Å². The molecule has 158 valence electrons. The van der Waals surface area contributed by atoms with Gasteiger partial charge in [-0.3, -0.25) is 4.98 Å². The Morgan fingerprint density at radius 1 is 0.935 bits per heavy atom. The molecule has 0 aliphatic heterocycles. The smallest absolute Gasteiger partial charge is 0.268 e. The van der Waals surface area contributed by atoms with Gasteiger partial charge in [0.05, 0.1) is 23.2 Å². The second-order valence-corrected chi connectivity index (χ2v) is 9.75. The molecule has 0 atom stereocenters. The molecule has 31 heavy (non-hydrogen) atoms. The molecule has 1 aliphatic rings. The summed E-state index contributed by atoms with van der Waals surface area (Å²) in [5.41, 5.74) is 4.81. The molecule has 6 heteroatoms. The first-order valence-corrected chi connectivity index (χ1v) is 12.0. The lowest BCUT2D eigenvalue weighted by Crippen LogP contribution is -2.11. The standard InChI is InChI=1S/C25H24N2O3S/c1-30-20-12-13-25-22(15-20)23(17-27(25)31(28,29)21-10-6-3-7-11-21)24-14-18-8-4-2-5-9-19(18)16-26-24/h3,6-7,10-17H,2,4-5,8-9H2,1H3. The maximum absolute atomic E-state index is 13.4. The first-order valence-electron chi connectivity index (χ1n) is 10.6. The minimum Gasteiger partial charge on any atom is -0.497 e. The van der Waals surface area contributed by atoms with Gasteiger partial charge < -0.3 is 4.74 Å². The Hall–Kier alpha value is -3.12. The lowest BCUT2D eigenvalue weighted by Gasteiger charge is -2.08. The van der Waals surface area contributed by atoms with Crippen molar-refractivity contribution < 1.29 is 13.2 Å². The van der Waals surface area contributed by atoms with Crippen molar-refractivity contribution in [2.24, 2.45) is 0 Å². The molecule has 2 aromatic carbocycles. The minimum absolute atomic E-state index is 0.254. The zero-order chi connectivity index (χ0) is 21.4. The van der Waals surface area contributed by atoms with Crippen LogP contribution in [0, 0.1) is 0 Å². The molecule has 0 N–H and O–H groups in total. The first-order chi connectivity index (χ1) is 15.1. The van der Waals surface area contributed by atoms with E-state index in [0.29, 0.717) is 11.3 Å². The SMILES string of the molecule is COc1ccc2c(c1)c(-c1cc3c(cn1)CCCCC3)cn2S(=O)(=O)c1ccccc1. The molecule has 0 amide bonds. The summed E-state index contributed by atoms with van der Waals surface area (Å²) >= 11 is 0. The highest BCUT2D eigenvalue weighted by molar-refractivity contribution is 7.90. The number of aryl methyl sites for hydroxylation is 2. The molecule has 0 unspecified atom stereocenters. The highest BCUT2D eigenvalue weighted by atomic mass is 32.2. The summed E-state index contributed by atoms with van der Waals surface area (Å²) < 4.78 is 33.7. The summed E-state index contributed by atoms with van der Waals surface area (Å²) in [4.78, 5) is 4.98. The van der Waals surface area contributed by atoms with Crippen LogP contribution in [-0.2, 0) is 22.9 Å². The summed E-state index contributed by atoms with van der Waals surface area (Å²) in [6.07, 6.45) is 9.35. The van der Waals surface area contributed by atoms with E-state index < -0.39 is 10.0 Å². The fraction of sp³-hybridized carbons (Fsp3) is 0.240. The van der Waals surface area contributed by atoms with Gasteiger partial charge >= 0.3 is 0 Å². The summed E-state index contributed by atoms with van der Waals surface area (Å²) in [6, 6.07) is 16.1. The van der Waals surface area contributed by atoms with Crippen LogP contribution in [0.2, 0.25) is 0 Å². The van der Waals surface area contributed by atoms with Gasteiger partial charge in [-0.2, -0.15) is 0 Å². The molecule has 0 spiro atoms. The Labute approximate surface area is 182 Å². The van der Waals surface area contributed by atoms with E-state index in [1.807, 2.05) is 18.3 Å². The maximum atomic E-state index is 13.4. The number of hydrogen-bond acceptors (Lipinski definition) is 4. The number of methoxy groups -OCH3 is 1. The van der Waals surface area contributed by atoms with Gasteiger partial charge in [0.25, 0.3) is 10.0 Å². The summed E-state index contributed by atoms with van der Waals surface area (Å²) in [6.45, 7) is 0. The number of aromatic nitrogens is 2.